The maximum absolute atomic E-state index is 9.30. The highest BCUT2D eigenvalue weighted by atomic mass is 16.7. The molecule has 0 radical (unpaired) electrons. The van der Waals surface area contributed by atoms with E-state index in [-0.39, 0.29) is 6.29 Å². The zero-order valence-electron chi connectivity index (χ0n) is 10.1. The number of aromatic nitrogens is 3. The summed E-state index contributed by atoms with van der Waals surface area (Å²) in [4.78, 5) is 0. The summed E-state index contributed by atoms with van der Waals surface area (Å²) in [5, 5.41) is 17.1. The second-order valence-corrected chi connectivity index (χ2v) is 4.25. The first-order valence-corrected chi connectivity index (χ1v) is 6.07. The van der Waals surface area contributed by atoms with Gasteiger partial charge in [0.2, 0.25) is 0 Å². The maximum Gasteiger partial charge on any atom is 0.157 e. The highest BCUT2D eigenvalue weighted by Crippen LogP contribution is 2.13. The highest BCUT2D eigenvalue weighted by molar-refractivity contribution is 4.95. The van der Waals surface area contributed by atoms with Crippen LogP contribution in [0.3, 0.4) is 0 Å². The van der Waals surface area contributed by atoms with E-state index in [1.807, 2.05) is 0 Å². The molecule has 6 nitrogen and oxygen atoms in total. The Bertz CT molecular complexity index is 334. The number of rotatable bonds is 5. The quantitative estimate of drug-likeness (QED) is 0.828. The second-order valence-electron chi connectivity index (χ2n) is 4.25. The van der Waals surface area contributed by atoms with Crippen LogP contribution in [0.1, 0.15) is 38.0 Å². The van der Waals surface area contributed by atoms with Crippen molar-refractivity contribution in [3.05, 3.63) is 11.9 Å². The Balaban J connectivity index is 1.70. The summed E-state index contributed by atoms with van der Waals surface area (Å²) in [6, 6.07) is 0. The minimum atomic E-state index is -0.577. The summed E-state index contributed by atoms with van der Waals surface area (Å²) in [5.41, 5.74) is 0.582. The Morgan fingerprint density at radius 3 is 3.18 bits per heavy atom. The van der Waals surface area contributed by atoms with E-state index in [1.165, 1.54) is 6.42 Å². The third-order valence-electron chi connectivity index (χ3n) is 2.75. The molecule has 0 saturated carbocycles. The molecular formula is C11H19N3O3. The molecule has 0 bridgehead atoms. The van der Waals surface area contributed by atoms with E-state index in [0.717, 1.165) is 19.4 Å². The van der Waals surface area contributed by atoms with Crippen molar-refractivity contribution in [2.75, 3.05) is 13.2 Å². The van der Waals surface area contributed by atoms with E-state index in [1.54, 1.807) is 17.8 Å². The van der Waals surface area contributed by atoms with Crippen LogP contribution in [0.4, 0.5) is 0 Å². The first-order chi connectivity index (χ1) is 8.25. The number of hydrogen-bond donors (Lipinski definition) is 1. The average molecular weight is 241 g/mol. The van der Waals surface area contributed by atoms with Gasteiger partial charge in [-0.3, -0.25) is 0 Å². The Morgan fingerprint density at radius 1 is 1.65 bits per heavy atom. The lowest BCUT2D eigenvalue weighted by molar-refractivity contribution is -0.163. The van der Waals surface area contributed by atoms with Gasteiger partial charge in [0, 0.05) is 6.61 Å². The molecule has 1 N–H and O–H groups in total. The first kappa shape index (κ1) is 12.5. The molecule has 96 valence electrons. The Morgan fingerprint density at radius 2 is 2.53 bits per heavy atom. The van der Waals surface area contributed by atoms with Crippen molar-refractivity contribution in [2.24, 2.45) is 0 Å². The highest BCUT2D eigenvalue weighted by Gasteiger charge is 2.13. The van der Waals surface area contributed by atoms with Gasteiger partial charge >= 0.3 is 0 Å². The normalized spacial score (nSPS) is 22.6. The lowest BCUT2D eigenvalue weighted by Crippen LogP contribution is -2.24. The molecule has 2 atom stereocenters. The minimum absolute atomic E-state index is 0.0662. The monoisotopic (exact) mass is 241 g/mol. The van der Waals surface area contributed by atoms with Crippen LogP contribution in [0, 0.1) is 0 Å². The molecule has 2 rings (SSSR count). The molecule has 1 aliphatic heterocycles. The minimum Gasteiger partial charge on any atom is -0.387 e. The molecule has 1 saturated heterocycles. The van der Waals surface area contributed by atoms with Crippen LogP contribution in [0.15, 0.2) is 6.20 Å². The molecule has 2 heterocycles. The van der Waals surface area contributed by atoms with Crippen molar-refractivity contribution >= 4 is 0 Å². The largest absolute Gasteiger partial charge is 0.387 e. The van der Waals surface area contributed by atoms with Gasteiger partial charge in [-0.15, -0.1) is 5.10 Å². The first-order valence-electron chi connectivity index (χ1n) is 6.07. The molecule has 1 aromatic rings. The average Bonchev–Trinajstić information content (AvgIpc) is 2.79. The summed E-state index contributed by atoms with van der Waals surface area (Å²) >= 11 is 0. The molecule has 0 aliphatic carbocycles. The molecule has 0 aromatic carbocycles. The van der Waals surface area contributed by atoms with Gasteiger partial charge in [-0.1, -0.05) is 5.21 Å². The fraction of sp³-hybridized carbons (Fsp3) is 0.818. The summed E-state index contributed by atoms with van der Waals surface area (Å²) in [6.07, 6.45) is 4.35. The predicted octanol–water partition coefficient (Wildman–Crippen LogP) is 0.875. The third-order valence-corrected chi connectivity index (χ3v) is 2.75. The third kappa shape index (κ3) is 3.76. The summed E-state index contributed by atoms with van der Waals surface area (Å²) in [6.45, 7) is 3.63. The van der Waals surface area contributed by atoms with Crippen molar-refractivity contribution in [3.8, 4) is 0 Å². The smallest absolute Gasteiger partial charge is 0.157 e. The van der Waals surface area contributed by atoms with Gasteiger partial charge in [-0.25, -0.2) is 4.68 Å². The summed E-state index contributed by atoms with van der Waals surface area (Å²) in [5.74, 6) is 0. The van der Waals surface area contributed by atoms with Crippen LogP contribution in [0.2, 0.25) is 0 Å². The zero-order chi connectivity index (χ0) is 12.1. The van der Waals surface area contributed by atoms with Gasteiger partial charge in [0.1, 0.15) is 5.69 Å². The maximum atomic E-state index is 9.30. The standard InChI is InChI=1S/C11H19N3O3/c1-9(15)10-8-14(13-12-10)5-7-17-11-4-2-3-6-16-11/h8-9,11,15H,2-7H2,1H3. The number of hydrogen-bond acceptors (Lipinski definition) is 5. The molecular weight excluding hydrogens is 222 g/mol. The fourth-order valence-corrected chi connectivity index (χ4v) is 1.73. The lowest BCUT2D eigenvalue weighted by atomic mass is 10.2. The van der Waals surface area contributed by atoms with Crippen LogP contribution in [0.5, 0.6) is 0 Å². The van der Waals surface area contributed by atoms with Crippen molar-refractivity contribution in [1.82, 2.24) is 15.0 Å². The number of nitrogens with zero attached hydrogens (tertiary/aromatic N) is 3. The molecule has 0 amide bonds. The zero-order valence-corrected chi connectivity index (χ0v) is 10.1. The van der Waals surface area contributed by atoms with Crippen LogP contribution in [-0.4, -0.2) is 39.6 Å². The fourth-order valence-electron chi connectivity index (χ4n) is 1.73. The van der Waals surface area contributed by atoms with Gasteiger partial charge in [0.05, 0.1) is 25.5 Å². The van der Waals surface area contributed by atoms with Gasteiger partial charge in [-0.05, 0) is 26.2 Å². The van der Waals surface area contributed by atoms with Gasteiger partial charge in [0.15, 0.2) is 6.29 Å². The van der Waals surface area contributed by atoms with Crippen molar-refractivity contribution in [2.45, 2.75) is 45.1 Å². The van der Waals surface area contributed by atoms with E-state index >= 15 is 0 Å². The van der Waals surface area contributed by atoms with E-state index in [9.17, 15) is 5.11 Å². The number of ether oxygens (including phenoxy) is 2. The van der Waals surface area contributed by atoms with E-state index in [2.05, 4.69) is 10.3 Å². The summed E-state index contributed by atoms with van der Waals surface area (Å²) in [7, 11) is 0. The van der Waals surface area contributed by atoms with Crippen LogP contribution < -0.4 is 0 Å². The number of aliphatic hydroxyl groups is 1. The SMILES string of the molecule is CC(O)c1cn(CCOC2CCCCO2)nn1. The lowest BCUT2D eigenvalue weighted by Gasteiger charge is -2.22. The molecule has 1 fully saturated rings. The number of aliphatic hydroxyl groups excluding tert-OH is 1. The molecule has 6 heteroatoms. The van der Waals surface area contributed by atoms with E-state index in [0.29, 0.717) is 18.8 Å². The van der Waals surface area contributed by atoms with Crippen LogP contribution in [-0.2, 0) is 16.0 Å². The second kappa shape index (κ2) is 6.09. The van der Waals surface area contributed by atoms with Crippen molar-refractivity contribution < 1.29 is 14.6 Å². The summed E-state index contributed by atoms with van der Waals surface area (Å²) < 4.78 is 12.7. The van der Waals surface area contributed by atoms with Crippen LogP contribution in [0.25, 0.3) is 0 Å². The van der Waals surface area contributed by atoms with Crippen molar-refractivity contribution in [1.29, 1.82) is 0 Å². The van der Waals surface area contributed by atoms with Gasteiger partial charge < -0.3 is 14.6 Å². The Kier molecular flexibility index (Phi) is 4.47. The topological polar surface area (TPSA) is 69.4 Å². The molecule has 1 aromatic heterocycles. The molecule has 2 unspecified atom stereocenters. The predicted molar refractivity (Wildman–Crippen MR) is 60.2 cm³/mol. The van der Waals surface area contributed by atoms with Gasteiger partial charge in [-0.2, -0.15) is 0 Å². The Hall–Kier alpha value is -0.980. The van der Waals surface area contributed by atoms with Crippen LogP contribution >= 0.6 is 0 Å². The van der Waals surface area contributed by atoms with Crippen molar-refractivity contribution in [3.63, 3.8) is 0 Å². The molecule has 0 spiro atoms. The van der Waals surface area contributed by atoms with E-state index in [4.69, 9.17) is 9.47 Å². The molecule has 17 heavy (non-hydrogen) atoms. The molecule has 1 aliphatic rings. The van der Waals surface area contributed by atoms with E-state index < -0.39 is 6.10 Å². The Labute approximate surface area is 101 Å². The van der Waals surface area contributed by atoms with Gasteiger partial charge in [0.25, 0.3) is 0 Å².